The minimum atomic E-state index is -3.63. The number of halogens is 4. The lowest BCUT2D eigenvalue weighted by Gasteiger charge is -2.43. The summed E-state index contributed by atoms with van der Waals surface area (Å²) in [4.78, 5) is 14.2. The Labute approximate surface area is 186 Å². The van der Waals surface area contributed by atoms with Gasteiger partial charge in [-0.1, -0.05) is 0 Å². The van der Waals surface area contributed by atoms with Gasteiger partial charge in [-0.3, -0.25) is 0 Å². The Kier molecular flexibility index (Phi) is 5.99. The van der Waals surface area contributed by atoms with E-state index in [2.05, 4.69) is 24.8 Å². The SMILES string of the molecule is C[C@H]1CC(F)(F)[C@H](CNS(C)(=O)=O)CN1c1cc(-c2cnc3ccc(C(F)F)nn23)ncn1. The van der Waals surface area contributed by atoms with Gasteiger partial charge in [0.15, 0.2) is 5.65 Å². The average molecular weight is 487 g/mol. The highest BCUT2D eigenvalue weighted by atomic mass is 32.2. The van der Waals surface area contributed by atoms with E-state index in [1.54, 1.807) is 17.9 Å². The minimum absolute atomic E-state index is 0.145. The van der Waals surface area contributed by atoms with Crippen molar-refractivity contribution in [3.05, 3.63) is 36.4 Å². The van der Waals surface area contributed by atoms with Crippen LogP contribution in [0.2, 0.25) is 0 Å². The van der Waals surface area contributed by atoms with Crippen molar-refractivity contribution in [2.24, 2.45) is 5.92 Å². The molecule has 1 saturated heterocycles. The van der Waals surface area contributed by atoms with Gasteiger partial charge in [0.25, 0.3) is 12.3 Å². The first-order valence-electron chi connectivity index (χ1n) is 9.99. The van der Waals surface area contributed by atoms with E-state index in [1.807, 2.05) is 0 Å². The number of nitrogens with one attached hydrogen (secondary N) is 1. The number of aromatic nitrogens is 5. The monoisotopic (exact) mass is 487 g/mol. The van der Waals surface area contributed by atoms with Crippen LogP contribution in [-0.4, -0.2) is 64.3 Å². The summed E-state index contributed by atoms with van der Waals surface area (Å²) in [6.07, 6.45) is 0.325. The largest absolute Gasteiger partial charge is 0.353 e. The number of hydrogen-bond donors (Lipinski definition) is 1. The van der Waals surface area contributed by atoms with Crippen LogP contribution in [0.15, 0.2) is 30.7 Å². The van der Waals surface area contributed by atoms with E-state index in [1.165, 1.54) is 29.2 Å². The molecule has 2 atom stereocenters. The van der Waals surface area contributed by atoms with Crippen molar-refractivity contribution in [3.8, 4) is 11.4 Å². The van der Waals surface area contributed by atoms with E-state index in [4.69, 9.17) is 0 Å². The topological polar surface area (TPSA) is 105 Å². The van der Waals surface area contributed by atoms with Crippen LogP contribution in [0.3, 0.4) is 0 Å². The molecule has 0 saturated carbocycles. The van der Waals surface area contributed by atoms with Gasteiger partial charge in [-0.2, -0.15) is 5.10 Å². The molecule has 0 radical (unpaired) electrons. The van der Waals surface area contributed by atoms with Gasteiger partial charge in [0.2, 0.25) is 10.0 Å². The highest BCUT2D eigenvalue weighted by Gasteiger charge is 2.47. The van der Waals surface area contributed by atoms with Crippen LogP contribution >= 0.6 is 0 Å². The molecule has 9 nitrogen and oxygen atoms in total. The molecule has 0 unspecified atom stereocenters. The van der Waals surface area contributed by atoms with Crippen LogP contribution in [0, 0.1) is 5.92 Å². The molecule has 1 aliphatic rings. The molecule has 0 aliphatic carbocycles. The van der Waals surface area contributed by atoms with Gasteiger partial charge in [0, 0.05) is 31.6 Å². The van der Waals surface area contributed by atoms with Crippen molar-refractivity contribution < 1.29 is 26.0 Å². The van der Waals surface area contributed by atoms with E-state index < -0.39 is 53.0 Å². The van der Waals surface area contributed by atoms with Gasteiger partial charge >= 0.3 is 0 Å². The Hall–Kier alpha value is -2.87. The van der Waals surface area contributed by atoms with Gasteiger partial charge in [0.1, 0.15) is 23.5 Å². The van der Waals surface area contributed by atoms with Gasteiger partial charge in [-0.05, 0) is 19.1 Å². The normalized spacial score (nSPS) is 21.1. The Morgan fingerprint density at radius 1 is 1.24 bits per heavy atom. The third kappa shape index (κ3) is 4.90. The fourth-order valence-corrected chi connectivity index (χ4v) is 4.33. The van der Waals surface area contributed by atoms with E-state index in [-0.39, 0.29) is 6.54 Å². The molecule has 4 heterocycles. The smallest absolute Gasteiger partial charge is 0.282 e. The van der Waals surface area contributed by atoms with Crippen LogP contribution in [0.5, 0.6) is 0 Å². The van der Waals surface area contributed by atoms with Crippen molar-refractivity contribution in [1.29, 1.82) is 0 Å². The third-order valence-electron chi connectivity index (χ3n) is 5.52. The van der Waals surface area contributed by atoms with Crippen LogP contribution in [0.4, 0.5) is 23.4 Å². The third-order valence-corrected chi connectivity index (χ3v) is 6.21. The van der Waals surface area contributed by atoms with Crippen molar-refractivity contribution in [2.45, 2.75) is 31.7 Å². The number of alkyl halides is 4. The molecule has 0 amide bonds. The average Bonchev–Trinajstić information content (AvgIpc) is 3.15. The van der Waals surface area contributed by atoms with Crippen LogP contribution < -0.4 is 9.62 Å². The lowest BCUT2D eigenvalue weighted by molar-refractivity contribution is -0.0784. The first kappa shape index (κ1) is 23.3. The molecule has 0 aromatic carbocycles. The van der Waals surface area contributed by atoms with E-state index in [0.717, 1.165) is 6.26 Å². The maximum atomic E-state index is 14.6. The lowest BCUT2D eigenvalue weighted by atomic mass is 9.89. The molecule has 178 valence electrons. The second-order valence-electron chi connectivity index (χ2n) is 8.02. The summed E-state index contributed by atoms with van der Waals surface area (Å²) >= 11 is 0. The van der Waals surface area contributed by atoms with Crippen molar-refractivity contribution >= 4 is 21.5 Å². The number of sulfonamides is 1. The number of imidazole rings is 1. The van der Waals surface area contributed by atoms with Crippen LogP contribution in [0.25, 0.3) is 17.0 Å². The van der Waals surface area contributed by atoms with Crippen LogP contribution in [-0.2, 0) is 10.0 Å². The first-order valence-corrected chi connectivity index (χ1v) is 11.9. The van der Waals surface area contributed by atoms with Crippen LogP contribution in [0.1, 0.15) is 25.5 Å². The molecule has 1 aliphatic heterocycles. The van der Waals surface area contributed by atoms with Crippen molar-refractivity contribution in [3.63, 3.8) is 0 Å². The Morgan fingerprint density at radius 2 is 2.00 bits per heavy atom. The zero-order valence-electron chi connectivity index (χ0n) is 17.7. The molecule has 1 N–H and O–H groups in total. The number of piperidine rings is 1. The predicted molar refractivity (Wildman–Crippen MR) is 112 cm³/mol. The Morgan fingerprint density at radius 3 is 2.70 bits per heavy atom. The second-order valence-corrected chi connectivity index (χ2v) is 9.85. The van der Waals surface area contributed by atoms with Gasteiger partial charge < -0.3 is 4.90 Å². The summed E-state index contributed by atoms with van der Waals surface area (Å²) in [7, 11) is -3.63. The predicted octanol–water partition coefficient (Wildman–Crippen LogP) is 2.52. The second kappa shape index (κ2) is 8.48. The quantitative estimate of drug-likeness (QED) is 0.533. The maximum Gasteiger partial charge on any atom is 0.282 e. The number of rotatable bonds is 6. The summed E-state index contributed by atoms with van der Waals surface area (Å²) in [6.45, 7) is 1.06. The summed E-state index contributed by atoms with van der Waals surface area (Å²) in [5.41, 5.74) is 0.569. The zero-order chi connectivity index (χ0) is 24.0. The summed E-state index contributed by atoms with van der Waals surface area (Å²) in [5.74, 6) is -4.00. The molecule has 1 fully saturated rings. The summed E-state index contributed by atoms with van der Waals surface area (Å²) in [6, 6.07) is 3.54. The molecule has 14 heteroatoms. The number of nitrogens with zero attached hydrogens (tertiary/aromatic N) is 6. The maximum absolute atomic E-state index is 14.6. The highest BCUT2D eigenvalue weighted by Crippen LogP contribution is 2.38. The number of anilines is 1. The number of fused-ring (bicyclic) bond motifs is 1. The Bertz CT molecular complexity index is 1270. The standard InChI is InChI=1S/C19H21F4N7O2S/c1-11-6-19(22,23)12(7-27-33(2,31)32)9-29(11)17-5-14(25-10-26-17)15-8-24-16-4-3-13(18(20)21)28-30(15)16/h3-5,8,10-12,18,27H,6-7,9H2,1-2H3/t11-,12+/m0/s1. The summed E-state index contributed by atoms with van der Waals surface area (Å²) < 4.78 is 81.5. The van der Waals surface area contributed by atoms with Gasteiger partial charge in [-0.25, -0.2) is 50.2 Å². The Balaban J connectivity index is 1.66. The fourth-order valence-electron chi connectivity index (χ4n) is 3.83. The van der Waals surface area contributed by atoms with Crippen molar-refractivity contribution in [1.82, 2.24) is 29.3 Å². The zero-order valence-corrected chi connectivity index (χ0v) is 18.5. The first-order chi connectivity index (χ1) is 15.4. The van der Waals surface area contributed by atoms with E-state index in [0.29, 0.717) is 22.9 Å². The van der Waals surface area contributed by atoms with Gasteiger partial charge in [0.05, 0.1) is 24.1 Å². The summed E-state index contributed by atoms with van der Waals surface area (Å²) in [5, 5.41) is 3.91. The molecule has 0 bridgehead atoms. The number of hydrogen-bond acceptors (Lipinski definition) is 7. The molecule has 33 heavy (non-hydrogen) atoms. The lowest BCUT2D eigenvalue weighted by Crippen LogP contribution is -2.55. The molecule has 0 spiro atoms. The molecular weight excluding hydrogens is 466 g/mol. The van der Waals surface area contributed by atoms with E-state index in [9.17, 15) is 26.0 Å². The molecule has 3 aromatic rings. The van der Waals surface area contributed by atoms with Gasteiger partial charge in [-0.15, -0.1) is 0 Å². The highest BCUT2D eigenvalue weighted by molar-refractivity contribution is 7.88. The molecule has 3 aromatic heterocycles. The molecule has 4 rings (SSSR count). The minimum Gasteiger partial charge on any atom is -0.353 e. The van der Waals surface area contributed by atoms with E-state index >= 15 is 0 Å². The van der Waals surface area contributed by atoms with Crippen molar-refractivity contribution in [2.75, 3.05) is 24.2 Å². The molecular formula is C19H21F4N7O2S. The fraction of sp³-hybridized carbons (Fsp3) is 0.474.